The highest BCUT2D eigenvalue weighted by atomic mass is 16.2. The van der Waals surface area contributed by atoms with Crippen molar-refractivity contribution in [2.75, 3.05) is 13.2 Å². The number of amidine groups is 2. The minimum atomic E-state index is -0.127. The summed E-state index contributed by atoms with van der Waals surface area (Å²) in [4.78, 5) is 16.9. The van der Waals surface area contributed by atoms with E-state index < -0.39 is 0 Å². The van der Waals surface area contributed by atoms with Crippen LogP contribution >= 0.6 is 0 Å². The molecule has 0 aromatic heterocycles. The second kappa shape index (κ2) is 6.24. The van der Waals surface area contributed by atoms with E-state index in [9.17, 15) is 0 Å². The molecule has 92 valence electrons. The van der Waals surface area contributed by atoms with Crippen LogP contribution in [0.2, 0.25) is 0 Å². The fourth-order valence-corrected chi connectivity index (χ4v) is 1.74. The Morgan fingerprint density at radius 1 is 1.29 bits per heavy atom. The number of rotatable bonds is 6. The standard InChI is InChI=1S/C11H17N5O/c17-6-4-2-1-3-5-12-10-9-11(14-7-13-9)16-8-15-10/h7-9,17H,1-6H2,(H,12,13,14,15,16). The lowest BCUT2D eigenvalue weighted by Crippen LogP contribution is -2.40. The molecule has 2 N–H and O–H groups in total. The van der Waals surface area contributed by atoms with Crippen LogP contribution in [0.25, 0.3) is 0 Å². The minimum absolute atomic E-state index is 0.127. The third kappa shape index (κ3) is 3.20. The van der Waals surface area contributed by atoms with Gasteiger partial charge in [-0.3, -0.25) is 9.98 Å². The molecule has 1 unspecified atom stereocenters. The Labute approximate surface area is 100 Å². The molecule has 17 heavy (non-hydrogen) atoms. The van der Waals surface area contributed by atoms with E-state index in [0.29, 0.717) is 0 Å². The average Bonchev–Trinajstić information content (AvgIpc) is 2.82. The van der Waals surface area contributed by atoms with E-state index in [-0.39, 0.29) is 12.6 Å². The van der Waals surface area contributed by atoms with Gasteiger partial charge in [0.15, 0.2) is 11.9 Å². The molecule has 2 rings (SSSR count). The van der Waals surface area contributed by atoms with Gasteiger partial charge in [-0.1, -0.05) is 12.8 Å². The van der Waals surface area contributed by atoms with Gasteiger partial charge in [0.05, 0.1) is 6.34 Å². The highest BCUT2D eigenvalue weighted by Gasteiger charge is 2.25. The van der Waals surface area contributed by atoms with Crippen LogP contribution in [0.5, 0.6) is 0 Å². The number of aliphatic hydroxyl groups excluding tert-OH is 1. The molecule has 0 aromatic carbocycles. The molecule has 0 bridgehead atoms. The Balaban J connectivity index is 1.77. The first-order valence-electron chi connectivity index (χ1n) is 5.95. The fourth-order valence-electron chi connectivity index (χ4n) is 1.74. The number of nitrogens with zero attached hydrogens (tertiary/aromatic N) is 4. The molecule has 0 aliphatic carbocycles. The van der Waals surface area contributed by atoms with Crippen LogP contribution in [0.15, 0.2) is 20.0 Å². The van der Waals surface area contributed by atoms with E-state index >= 15 is 0 Å². The van der Waals surface area contributed by atoms with Crippen molar-refractivity contribution in [3.8, 4) is 0 Å². The molecular weight excluding hydrogens is 218 g/mol. The van der Waals surface area contributed by atoms with Crippen LogP contribution in [-0.2, 0) is 0 Å². The SMILES string of the molecule is OCCCCCCN=C1N=CNC2=NC=NC12. The van der Waals surface area contributed by atoms with Crippen LogP contribution in [0.3, 0.4) is 0 Å². The molecule has 0 fully saturated rings. The van der Waals surface area contributed by atoms with Crippen LogP contribution in [0.1, 0.15) is 25.7 Å². The van der Waals surface area contributed by atoms with E-state index in [1.807, 2.05) is 0 Å². The van der Waals surface area contributed by atoms with Crippen molar-refractivity contribution < 1.29 is 5.11 Å². The lowest BCUT2D eigenvalue weighted by molar-refractivity contribution is 0.282. The van der Waals surface area contributed by atoms with Gasteiger partial charge in [0.1, 0.15) is 12.2 Å². The first kappa shape index (κ1) is 11.9. The van der Waals surface area contributed by atoms with Crippen molar-refractivity contribution in [3.05, 3.63) is 0 Å². The van der Waals surface area contributed by atoms with Crippen LogP contribution in [0, 0.1) is 0 Å². The summed E-state index contributed by atoms with van der Waals surface area (Å²) < 4.78 is 0. The van der Waals surface area contributed by atoms with Crippen LogP contribution in [0.4, 0.5) is 0 Å². The van der Waals surface area contributed by atoms with Crippen LogP contribution < -0.4 is 5.32 Å². The second-order valence-corrected chi connectivity index (χ2v) is 3.96. The third-order valence-corrected chi connectivity index (χ3v) is 2.67. The highest BCUT2D eigenvalue weighted by molar-refractivity contribution is 6.21. The largest absolute Gasteiger partial charge is 0.396 e. The first-order chi connectivity index (χ1) is 8.42. The number of aliphatic hydroxyl groups is 1. The van der Waals surface area contributed by atoms with Crippen molar-refractivity contribution in [2.24, 2.45) is 20.0 Å². The summed E-state index contributed by atoms with van der Waals surface area (Å²) in [7, 11) is 0. The van der Waals surface area contributed by atoms with Gasteiger partial charge in [-0.25, -0.2) is 9.98 Å². The predicted molar refractivity (Wildman–Crippen MR) is 69.2 cm³/mol. The zero-order chi connectivity index (χ0) is 11.9. The number of unbranched alkanes of at least 4 members (excludes halogenated alkanes) is 3. The number of aliphatic imine (C=N–C) groups is 4. The Kier molecular flexibility index (Phi) is 4.37. The molecule has 0 amide bonds. The summed E-state index contributed by atoms with van der Waals surface area (Å²) in [5.74, 6) is 1.54. The molecule has 6 heteroatoms. The fraction of sp³-hybridized carbons (Fsp3) is 0.636. The maximum absolute atomic E-state index is 8.65. The van der Waals surface area contributed by atoms with Crippen molar-refractivity contribution in [2.45, 2.75) is 31.7 Å². The Morgan fingerprint density at radius 3 is 3.06 bits per heavy atom. The van der Waals surface area contributed by atoms with Gasteiger partial charge >= 0.3 is 0 Å². The summed E-state index contributed by atoms with van der Waals surface area (Å²) in [6, 6.07) is -0.127. The van der Waals surface area contributed by atoms with Crippen molar-refractivity contribution in [1.82, 2.24) is 5.32 Å². The monoisotopic (exact) mass is 235 g/mol. The van der Waals surface area contributed by atoms with Gasteiger partial charge in [0.25, 0.3) is 0 Å². The predicted octanol–water partition coefficient (Wildman–Crippen LogP) is 0.378. The Hall–Kier alpha value is -1.56. The van der Waals surface area contributed by atoms with E-state index in [4.69, 9.17) is 5.11 Å². The number of nitrogens with one attached hydrogen (secondary N) is 1. The molecule has 1 atom stereocenters. The van der Waals surface area contributed by atoms with Gasteiger partial charge in [-0.05, 0) is 12.8 Å². The third-order valence-electron chi connectivity index (χ3n) is 2.67. The number of fused-ring (bicyclic) bond motifs is 1. The average molecular weight is 235 g/mol. The van der Waals surface area contributed by atoms with Gasteiger partial charge < -0.3 is 10.4 Å². The van der Waals surface area contributed by atoms with Crippen molar-refractivity contribution >= 4 is 24.3 Å². The maximum Gasteiger partial charge on any atom is 0.168 e. The normalized spacial score (nSPS) is 23.7. The van der Waals surface area contributed by atoms with E-state index in [0.717, 1.165) is 43.9 Å². The van der Waals surface area contributed by atoms with Crippen LogP contribution in [-0.4, -0.2) is 48.6 Å². The zero-order valence-electron chi connectivity index (χ0n) is 9.71. The lowest BCUT2D eigenvalue weighted by Gasteiger charge is -2.14. The topological polar surface area (TPSA) is 81.7 Å². The van der Waals surface area contributed by atoms with E-state index in [1.165, 1.54) is 0 Å². The second-order valence-electron chi connectivity index (χ2n) is 3.96. The molecule has 0 saturated carbocycles. The molecule has 0 spiro atoms. The molecule has 0 aromatic rings. The van der Waals surface area contributed by atoms with Crippen molar-refractivity contribution in [1.29, 1.82) is 0 Å². The van der Waals surface area contributed by atoms with Gasteiger partial charge in [0.2, 0.25) is 0 Å². The molecule has 2 aliphatic heterocycles. The highest BCUT2D eigenvalue weighted by Crippen LogP contribution is 2.08. The minimum Gasteiger partial charge on any atom is -0.396 e. The van der Waals surface area contributed by atoms with Gasteiger partial charge in [-0.2, -0.15) is 0 Å². The number of hydrogen-bond donors (Lipinski definition) is 2. The summed E-state index contributed by atoms with van der Waals surface area (Å²) >= 11 is 0. The summed E-state index contributed by atoms with van der Waals surface area (Å²) in [5.41, 5.74) is 0. The Morgan fingerprint density at radius 2 is 2.18 bits per heavy atom. The summed E-state index contributed by atoms with van der Waals surface area (Å²) in [6.07, 6.45) is 7.19. The van der Waals surface area contributed by atoms with Gasteiger partial charge in [0, 0.05) is 13.2 Å². The quantitative estimate of drug-likeness (QED) is 0.652. The van der Waals surface area contributed by atoms with Gasteiger partial charge in [-0.15, -0.1) is 0 Å². The summed E-state index contributed by atoms with van der Waals surface area (Å²) in [5, 5.41) is 11.6. The molecule has 2 aliphatic rings. The number of hydrogen-bond acceptors (Lipinski definition) is 5. The molecular formula is C11H17N5O. The molecule has 6 nitrogen and oxygen atoms in total. The molecule has 0 saturated heterocycles. The van der Waals surface area contributed by atoms with E-state index in [2.05, 4.69) is 25.3 Å². The zero-order valence-corrected chi connectivity index (χ0v) is 9.71. The first-order valence-corrected chi connectivity index (χ1v) is 5.95. The molecule has 2 heterocycles. The Bertz CT molecular complexity index is 372. The summed E-state index contributed by atoms with van der Waals surface area (Å²) in [6.45, 7) is 1.04. The lowest BCUT2D eigenvalue weighted by atomic mass is 10.2. The van der Waals surface area contributed by atoms with E-state index in [1.54, 1.807) is 12.7 Å². The smallest absolute Gasteiger partial charge is 0.168 e. The molecule has 0 radical (unpaired) electrons. The maximum atomic E-state index is 8.65. The van der Waals surface area contributed by atoms with Crippen molar-refractivity contribution in [3.63, 3.8) is 0 Å².